The van der Waals surface area contributed by atoms with Gasteiger partial charge in [-0.25, -0.2) is 0 Å². The van der Waals surface area contributed by atoms with E-state index >= 15 is 0 Å². The molecule has 0 radical (unpaired) electrons. The second kappa shape index (κ2) is 5.89. The van der Waals surface area contributed by atoms with Gasteiger partial charge >= 0.3 is 0 Å². The fourth-order valence-corrected chi connectivity index (χ4v) is 1.96. The third-order valence-electron chi connectivity index (χ3n) is 2.74. The van der Waals surface area contributed by atoms with Gasteiger partial charge in [-0.2, -0.15) is 0 Å². The Labute approximate surface area is 112 Å². The van der Waals surface area contributed by atoms with E-state index in [1.165, 1.54) is 5.56 Å². The van der Waals surface area contributed by atoms with Crippen molar-refractivity contribution >= 4 is 11.6 Å². The molecule has 0 aliphatic heterocycles. The summed E-state index contributed by atoms with van der Waals surface area (Å²) in [5.41, 5.74) is 8.73. The standard InChI is InChI=1S/C15H16ClNO/c1-11-3-2-4-14(7-11)18-10-13-6-5-12(9-17)8-15(13)16/h2-8H,9-10,17H2,1H3. The number of halogens is 1. The Balaban J connectivity index is 2.06. The minimum atomic E-state index is 0.465. The third kappa shape index (κ3) is 3.25. The number of hydrogen-bond donors (Lipinski definition) is 1. The molecule has 0 saturated heterocycles. The van der Waals surface area contributed by atoms with Crippen LogP contribution in [0.3, 0.4) is 0 Å². The molecular weight excluding hydrogens is 246 g/mol. The van der Waals surface area contributed by atoms with Gasteiger partial charge < -0.3 is 10.5 Å². The molecule has 0 bridgehead atoms. The molecular formula is C15H16ClNO. The van der Waals surface area contributed by atoms with E-state index in [4.69, 9.17) is 22.1 Å². The first-order chi connectivity index (χ1) is 8.69. The predicted molar refractivity (Wildman–Crippen MR) is 74.9 cm³/mol. The fourth-order valence-electron chi connectivity index (χ4n) is 1.70. The molecule has 0 aliphatic rings. The lowest BCUT2D eigenvalue weighted by atomic mass is 10.1. The van der Waals surface area contributed by atoms with Crippen LogP contribution in [0.15, 0.2) is 42.5 Å². The molecule has 0 aromatic heterocycles. The summed E-state index contributed by atoms with van der Waals surface area (Å²) in [6.07, 6.45) is 0. The highest BCUT2D eigenvalue weighted by molar-refractivity contribution is 6.31. The van der Waals surface area contributed by atoms with E-state index in [0.717, 1.165) is 16.9 Å². The Morgan fingerprint density at radius 3 is 2.67 bits per heavy atom. The van der Waals surface area contributed by atoms with Crippen LogP contribution in [0, 0.1) is 6.92 Å². The van der Waals surface area contributed by atoms with Crippen LogP contribution in [0.25, 0.3) is 0 Å². The van der Waals surface area contributed by atoms with Gasteiger partial charge in [-0.15, -0.1) is 0 Å². The van der Waals surface area contributed by atoms with Gasteiger partial charge in [0.25, 0.3) is 0 Å². The monoisotopic (exact) mass is 261 g/mol. The van der Waals surface area contributed by atoms with Gasteiger partial charge in [0, 0.05) is 17.1 Å². The van der Waals surface area contributed by atoms with Crippen molar-refractivity contribution in [3.05, 3.63) is 64.2 Å². The summed E-state index contributed by atoms with van der Waals surface area (Å²) in [6, 6.07) is 13.8. The second-order valence-corrected chi connectivity index (χ2v) is 4.64. The molecule has 3 heteroatoms. The normalized spacial score (nSPS) is 10.4. The number of rotatable bonds is 4. The van der Waals surface area contributed by atoms with Crippen molar-refractivity contribution in [3.63, 3.8) is 0 Å². The van der Waals surface area contributed by atoms with E-state index in [1.807, 2.05) is 49.4 Å². The second-order valence-electron chi connectivity index (χ2n) is 4.24. The Hall–Kier alpha value is -1.51. The molecule has 0 saturated carbocycles. The van der Waals surface area contributed by atoms with Gasteiger partial charge in [-0.3, -0.25) is 0 Å². The lowest BCUT2D eigenvalue weighted by Crippen LogP contribution is -2.00. The molecule has 94 valence electrons. The maximum absolute atomic E-state index is 6.17. The first kappa shape index (κ1) is 12.9. The fraction of sp³-hybridized carbons (Fsp3) is 0.200. The van der Waals surface area contributed by atoms with Crippen LogP contribution < -0.4 is 10.5 Å². The SMILES string of the molecule is Cc1cccc(OCc2ccc(CN)cc2Cl)c1. The number of benzene rings is 2. The first-order valence-corrected chi connectivity index (χ1v) is 6.23. The number of ether oxygens (including phenoxy) is 1. The summed E-state index contributed by atoms with van der Waals surface area (Å²) in [5, 5.41) is 0.700. The Kier molecular flexibility index (Phi) is 4.24. The maximum Gasteiger partial charge on any atom is 0.120 e. The van der Waals surface area contributed by atoms with Crippen molar-refractivity contribution in [2.24, 2.45) is 5.73 Å². The molecule has 0 aliphatic carbocycles. The van der Waals surface area contributed by atoms with Crippen LogP contribution in [-0.4, -0.2) is 0 Å². The van der Waals surface area contributed by atoms with E-state index in [2.05, 4.69) is 0 Å². The Morgan fingerprint density at radius 1 is 1.17 bits per heavy atom. The topological polar surface area (TPSA) is 35.2 Å². The van der Waals surface area contributed by atoms with Crippen LogP contribution in [0.2, 0.25) is 5.02 Å². The van der Waals surface area contributed by atoms with Crippen molar-refractivity contribution < 1.29 is 4.74 Å². The lowest BCUT2D eigenvalue weighted by molar-refractivity contribution is 0.306. The summed E-state index contributed by atoms with van der Waals surface area (Å²) >= 11 is 6.17. The minimum Gasteiger partial charge on any atom is -0.489 e. The summed E-state index contributed by atoms with van der Waals surface area (Å²) < 4.78 is 5.71. The first-order valence-electron chi connectivity index (χ1n) is 5.86. The van der Waals surface area contributed by atoms with Crippen LogP contribution >= 0.6 is 11.6 Å². The quantitative estimate of drug-likeness (QED) is 0.911. The average molecular weight is 262 g/mol. The van der Waals surface area contributed by atoms with Crippen molar-refractivity contribution in [2.45, 2.75) is 20.1 Å². The lowest BCUT2D eigenvalue weighted by Gasteiger charge is -2.09. The summed E-state index contributed by atoms with van der Waals surface area (Å²) in [4.78, 5) is 0. The average Bonchev–Trinajstić information content (AvgIpc) is 2.37. The summed E-state index contributed by atoms with van der Waals surface area (Å²) in [7, 11) is 0. The van der Waals surface area contributed by atoms with Gasteiger partial charge in [0.05, 0.1) is 0 Å². The molecule has 2 aromatic carbocycles. The number of nitrogens with two attached hydrogens (primary N) is 1. The van der Waals surface area contributed by atoms with Gasteiger partial charge in [0.15, 0.2) is 0 Å². The summed E-state index contributed by atoms with van der Waals surface area (Å²) in [6.45, 7) is 3.00. The highest BCUT2D eigenvalue weighted by Crippen LogP contribution is 2.20. The van der Waals surface area contributed by atoms with Crippen LogP contribution in [0.1, 0.15) is 16.7 Å². The predicted octanol–water partition coefficient (Wildman–Crippen LogP) is 3.69. The molecule has 2 aromatic rings. The molecule has 2 nitrogen and oxygen atoms in total. The molecule has 18 heavy (non-hydrogen) atoms. The van der Waals surface area contributed by atoms with Gasteiger partial charge in [0.1, 0.15) is 12.4 Å². The summed E-state index contributed by atoms with van der Waals surface area (Å²) in [5.74, 6) is 0.856. The molecule has 0 atom stereocenters. The van der Waals surface area contributed by atoms with Crippen LogP contribution in [0.4, 0.5) is 0 Å². The number of hydrogen-bond acceptors (Lipinski definition) is 2. The molecule has 0 fully saturated rings. The molecule has 2 rings (SSSR count). The molecule has 0 amide bonds. The van der Waals surface area contributed by atoms with E-state index in [0.29, 0.717) is 18.2 Å². The van der Waals surface area contributed by atoms with Crippen LogP contribution in [-0.2, 0) is 13.2 Å². The van der Waals surface area contributed by atoms with Crippen molar-refractivity contribution in [3.8, 4) is 5.75 Å². The third-order valence-corrected chi connectivity index (χ3v) is 3.09. The highest BCUT2D eigenvalue weighted by Gasteiger charge is 2.02. The van der Waals surface area contributed by atoms with Gasteiger partial charge in [0.2, 0.25) is 0 Å². The zero-order valence-electron chi connectivity index (χ0n) is 10.3. The smallest absolute Gasteiger partial charge is 0.120 e. The van der Waals surface area contributed by atoms with Gasteiger partial charge in [-0.05, 0) is 36.2 Å². The Morgan fingerprint density at radius 2 is 2.00 bits per heavy atom. The minimum absolute atomic E-state index is 0.465. The van der Waals surface area contributed by atoms with Crippen LogP contribution in [0.5, 0.6) is 5.75 Å². The zero-order valence-corrected chi connectivity index (χ0v) is 11.1. The van der Waals surface area contributed by atoms with E-state index in [1.54, 1.807) is 0 Å². The van der Waals surface area contributed by atoms with E-state index in [-0.39, 0.29) is 0 Å². The zero-order chi connectivity index (χ0) is 13.0. The van der Waals surface area contributed by atoms with Gasteiger partial charge in [-0.1, -0.05) is 35.9 Å². The van der Waals surface area contributed by atoms with E-state index in [9.17, 15) is 0 Å². The maximum atomic E-state index is 6.17. The molecule has 0 unspecified atom stereocenters. The highest BCUT2D eigenvalue weighted by atomic mass is 35.5. The number of aryl methyl sites for hydroxylation is 1. The molecule has 0 spiro atoms. The largest absolute Gasteiger partial charge is 0.489 e. The Bertz CT molecular complexity index is 540. The van der Waals surface area contributed by atoms with Crippen molar-refractivity contribution in [1.82, 2.24) is 0 Å². The van der Waals surface area contributed by atoms with Crippen molar-refractivity contribution in [1.29, 1.82) is 0 Å². The molecule has 0 heterocycles. The molecule has 2 N–H and O–H groups in total. The van der Waals surface area contributed by atoms with E-state index < -0.39 is 0 Å². The van der Waals surface area contributed by atoms with Crippen molar-refractivity contribution in [2.75, 3.05) is 0 Å².